The van der Waals surface area contributed by atoms with Gasteiger partial charge in [0.25, 0.3) is 0 Å². The van der Waals surface area contributed by atoms with Gasteiger partial charge in [-0.1, -0.05) is 17.3 Å². The van der Waals surface area contributed by atoms with Gasteiger partial charge in [0.1, 0.15) is 17.3 Å². The molecule has 1 aromatic heterocycles. The van der Waals surface area contributed by atoms with Crippen molar-refractivity contribution in [3.8, 4) is 11.3 Å². The van der Waals surface area contributed by atoms with Gasteiger partial charge >= 0.3 is 0 Å². The third-order valence-corrected chi connectivity index (χ3v) is 5.33. The zero-order valence-corrected chi connectivity index (χ0v) is 16.3. The molecule has 1 aliphatic rings. The van der Waals surface area contributed by atoms with E-state index in [1.165, 1.54) is 24.3 Å². The van der Waals surface area contributed by atoms with Gasteiger partial charge in [0.05, 0.1) is 6.20 Å². The molecular formula is C22H25F2N5. The van der Waals surface area contributed by atoms with Gasteiger partial charge in [-0.3, -0.25) is 9.58 Å². The number of nitrogens with zero attached hydrogens (tertiary/aromatic N) is 5. The van der Waals surface area contributed by atoms with Crippen molar-refractivity contribution in [1.82, 2.24) is 19.9 Å². The monoisotopic (exact) mass is 397 g/mol. The van der Waals surface area contributed by atoms with Crippen LogP contribution in [0.25, 0.3) is 11.3 Å². The highest BCUT2D eigenvalue weighted by Gasteiger charge is 2.16. The highest BCUT2D eigenvalue weighted by Crippen LogP contribution is 2.18. The average Bonchev–Trinajstić information content (AvgIpc) is 3.21. The van der Waals surface area contributed by atoms with Gasteiger partial charge in [0, 0.05) is 44.0 Å². The van der Waals surface area contributed by atoms with Crippen LogP contribution in [0.3, 0.4) is 0 Å². The van der Waals surface area contributed by atoms with Crippen LogP contribution in [0.15, 0.2) is 54.7 Å². The molecule has 0 N–H and O–H groups in total. The number of hydrogen-bond acceptors (Lipinski definition) is 4. The topological polar surface area (TPSA) is 37.2 Å². The third-order valence-electron chi connectivity index (χ3n) is 5.33. The van der Waals surface area contributed by atoms with E-state index in [0.29, 0.717) is 5.69 Å². The molecule has 0 spiro atoms. The van der Waals surface area contributed by atoms with E-state index >= 15 is 0 Å². The number of unbranched alkanes of at least 4 members (excludes halogenated alkanes) is 1. The molecule has 0 radical (unpaired) electrons. The van der Waals surface area contributed by atoms with Crippen molar-refractivity contribution in [2.45, 2.75) is 19.4 Å². The molecule has 4 rings (SSSR count). The number of anilines is 1. The summed E-state index contributed by atoms with van der Waals surface area (Å²) in [5.74, 6) is -0.459. The lowest BCUT2D eigenvalue weighted by Crippen LogP contribution is -2.46. The fourth-order valence-electron chi connectivity index (χ4n) is 3.68. The molecule has 3 aromatic rings. The minimum atomic E-state index is -0.267. The van der Waals surface area contributed by atoms with E-state index in [2.05, 4.69) is 20.1 Å². The molecule has 0 bridgehead atoms. The summed E-state index contributed by atoms with van der Waals surface area (Å²) in [6.45, 7) is 5.83. The maximum Gasteiger partial charge on any atom is 0.123 e. The summed E-state index contributed by atoms with van der Waals surface area (Å²) in [5, 5.41) is 8.30. The van der Waals surface area contributed by atoms with E-state index in [1.807, 2.05) is 29.1 Å². The molecule has 2 aromatic carbocycles. The lowest BCUT2D eigenvalue weighted by atomic mass is 10.2. The summed E-state index contributed by atoms with van der Waals surface area (Å²) in [6.07, 6.45) is 3.98. The second-order valence-electron chi connectivity index (χ2n) is 7.39. The van der Waals surface area contributed by atoms with Gasteiger partial charge in [-0.2, -0.15) is 0 Å². The second kappa shape index (κ2) is 9.13. The molecule has 0 atom stereocenters. The molecular weight excluding hydrogens is 372 g/mol. The summed E-state index contributed by atoms with van der Waals surface area (Å²) in [6, 6.07) is 13.1. The molecule has 1 fully saturated rings. The van der Waals surface area contributed by atoms with Crippen molar-refractivity contribution in [3.63, 3.8) is 0 Å². The Hall–Kier alpha value is -2.80. The maximum atomic E-state index is 13.3. The number of hydrogen-bond donors (Lipinski definition) is 0. The first-order chi connectivity index (χ1) is 14.2. The fraction of sp³-hybridized carbons (Fsp3) is 0.364. The van der Waals surface area contributed by atoms with E-state index in [0.717, 1.165) is 63.4 Å². The van der Waals surface area contributed by atoms with E-state index in [9.17, 15) is 8.78 Å². The zero-order valence-electron chi connectivity index (χ0n) is 16.3. The van der Waals surface area contributed by atoms with Crippen molar-refractivity contribution in [1.29, 1.82) is 0 Å². The molecule has 1 saturated heterocycles. The largest absolute Gasteiger partial charge is 0.369 e. The Morgan fingerprint density at radius 1 is 0.828 bits per heavy atom. The lowest BCUT2D eigenvalue weighted by molar-refractivity contribution is 0.250. The Morgan fingerprint density at radius 3 is 2.34 bits per heavy atom. The van der Waals surface area contributed by atoms with Gasteiger partial charge in [0.15, 0.2) is 0 Å². The average molecular weight is 397 g/mol. The van der Waals surface area contributed by atoms with Crippen LogP contribution < -0.4 is 4.90 Å². The Morgan fingerprint density at radius 2 is 1.59 bits per heavy atom. The van der Waals surface area contributed by atoms with Crippen molar-refractivity contribution in [2.75, 3.05) is 37.6 Å². The number of piperazine rings is 1. The van der Waals surface area contributed by atoms with Crippen molar-refractivity contribution in [2.24, 2.45) is 0 Å². The summed E-state index contributed by atoms with van der Waals surface area (Å²) < 4.78 is 28.2. The van der Waals surface area contributed by atoms with Crippen LogP contribution in [0.5, 0.6) is 0 Å². The van der Waals surface area contributed by atoms with E-state index in [-0.39, 0.29) is 11.6 Å². The highest BCUT2D eigenvalue weighted by atomic mass is 19.1. The predicted octanol–water partition coefficient (Wildman–Crippen LogP) is 3.83. The Bertz CT molecular complexity index is 917. The van der Waals surface area contributed by atoms with E-state index < -0.39 is 0 Å². The van der Waals surface area contributed by atoms with Crippen LogP contribution in [0, 0.1) is 11.6 Å². The molecule has 2 heterocycles. The number of aromatic nitrogens is 3. The van der Waals surface area contributed by atoms with E-state index in [4.69, 9.17) is 0 Å². The molecule has 7 heteroatoms. The second-order valence-corrected chi connectivity index (χ2v) is 7.39. The van der Waals surface area contributed by atoms with Crippen molar-refractivity contribution in [3.05, 3.63) is 66.4 Å². The number of rotatable bonds is 7. The van der Waals surface area contributed by atoms with Gasteiger partial charge in [0.2, 0.25) is 0 Å². The standard InChI is InChI=1S/C22H25F2N5/c23-19-6-8-21(9-7-19)28-14-12-27(13-15-28)10-1-2-11-29-17-22(25-26-29)18-4-3-5-20(24)16-18/h3-9,16-17H,1-2,10-15H2. The first kappa shape index (κ1) is 19.5. The molecule has 0 saturated carbocycles. The predicted molar refractivity (Wildman–Crippen MR) is 110 cm³/mol. The number of halogens is 2. The highest BCUT2D eigenvalue weighted by molar-refractivity contribution is 5.57. The van der Waals surface area contributed by atoms with Crippen LogP contribution in [0.2, 0.25) is 0 Å². The Kier molecular flexibility index (Phi) is 6.14. The SMILES string of the molecule is Fc1ccc(N2CCN(CCCCn3cc(-c4cccc(F)c4)nn3)CC2)cc1. The smallest absolute Gasteiger partial charge is 0.123 e. The molecule has 152 valence electrons. The minimum absolute atomic E-state index is 0.192. The van der Waals surface area contributed by atoms with Crippen LogP contribution in [0.4, 0.5) is 14.5 Å². The minimum Gasteiger partial charge on any atom is -0.369 e. The normalized spacial score (nSPS) is 15.0. The number of aryl methyl sites for hydroxylation is 1. The molecule has 29 heavy (non-hydrogen) atoms. The van der Waals surface area contributed by atoms with E-state index in [1.54, 1.807) is 6.07 Å². The van der Waals surface area contributed by atoms with Gasteiger partial charge in [-0.25, -0.2) is 8.78 Å². The fourth-order valence-corrected chi connectivity index (χ4v) is 3.68. The maximum absolute atomic E-state index is 13.3. The van der Waals surface area contributed by atoms with Gasteiger partial charge in [-0.15, -0.1) is 5.10 Å². The summed E-state index contributed by atoms with van der Waals surface area (Å²) in [5.41, 5.74) is 2.53. The first-order valence-electron chi connectivity index (χ1n) is 10.1. The molecule has 0 aliphatic carbocycles. The van der Waals surface area contributed by atoms with Crippen LogP contribution in [0.1, 0.15) is 12.8 Å². The van der Waals surface area contributed by atoms with Crippen LogP contribution in [-0.4, -0.2) is 52.6 Å². The number of benzene rings is 2. The lowest BCUT2D eigenvalue weighted by Gasteiger charge is -2.36. The molecule has 0 unspecified atom stereocenters. The summed E-state index contributed by atoms with van der Waals surface area (Å²) in [7, 11) is 0. The third kappa shape index (κ3) is 5.17. The van der Waals surface area contributed by atoms with Crippen LogP contribution >= 0.6 is 0 Å². The zero-order chi connectivity index (χ0) is 20.1. The van der Waals surface area contributed by atoms with Crippen molar-refractivity contribution >= 4 is 5.69 Å². The summed E-state index contributed by atoms with van der Waals surface area (Å²) in [4.78, 5) is 4.78. The van der Waals surface area contributed by atoms with Gasteiger partial charge in [-0.05, 0) is 55.8 Å². The van der Waals surface area contributed by atoms with Crippen molar-refractivity contribution < 1.29 is 8.78 Å². The Balaban J connectivity index is 1.18. The first-order valence-corrected chi connectivity index (χ1v) is 10.1. The van der Waals surface area contributed by atoms with Crippen LogP contribution in [-0.2, 0) is 6.54 Å². The van der Waals surface area contributed by atoms with Gasteiger partial charge < -0.3 is 4.90 Å². The molecule has 0 amide bonds. The summed E-state index contributed by atoms with van der Waals surface area (Å²) >= 11 is 0. The quantitative estimate of drug-likeness (QED) is 0.568. The Labute approximate surface area is 169 Å². The molecule has 1 aliphatic heterocycles. The molecule has 5 nitrogen and oxygen atoms in total.